The van der Waals surface area contributed by atoms with Crippen molar-refractivity contribution in [2.45, 2.75) is 0 Å². The second-order valence-corrected chi connectivity index (χ2v) is 4.20. The van der Waals surface area contributed by atoms with E-state index in [9.17, 15) is 22.8 Å². The molecule has 0 aliphatic rings. The van der Waals surface area contributed by atoms with Crippen LogP contribution in [0.3, 0.4) is 0 Å². The fourth-order valence-electron chi connectivity index (χ4n) is 1.44. The number of nitrogens with zero attached hydrogens (tertiary/aromatic N) is 1. The summed E-state index contributed by atoms with van der Waals surface area (Å²) in [6.45, 7) is 0. The highest BCUT2D eigenvalue weighted by molar-refractivity contribution is 6.32. The van der Waals surface area contributed by atoms with E-state index in [1.165, 1.54) is 0 Å². The monoisotopic (exact) mass is 310 g/mol. The molecule has 2 rings (SSSR count). The molecule has 1 heterocycles. The highest BCUT2D eigenvalue weighted by Crippen LogP contribution is 2.23. The quantitative estimate of drug-likeness (QED) is 0.821. The minimum Gasteiger partial charge on any atom is -0.295 e. The first-order valence-electron chi connectivity index (χ1n) is 4.68. The van der Waals surface area contributed by atoms with Crippen molar-refractivity contribution in [3.63, 3.8) is 0 Å². The molecule has 19 heavy (non-hydrogen) atoms. The number of H-pyrrole nitrogens is 1. The van der Waals surface area contributed by atoms with E-state index in [2.05, 4.69) is 0 Å². The second-order valence-electron chi connectivity index (χ2n) is 3.42. The van der Waals surface area contributed by atoms with Gasteiger partial charge in [0.2, 0.25) is 5.82 Å². The summed E-state index contributed by atoms with van der Waals surface area (Å²) in [5.41, 5.74) is -3.46. The van der Waals surface area contributed by atoms with Gasteiger partial charge in [0.15, 0.2) is 11.0 Å². The van der Waals surface area contributed by atoms with E-state index >= 15 is 0 Å². The van der Waals surface area contributed by atoms with E-state index < -0.39 is 44.6 Å². The predicted molar refractivity (Wildman–Crippen MR) is 62.6 cm³/mol. The molecule has 0 amide bonds. The first-order valence-corrected chi connectivity index (χ1v) is 5.43. The number of aromatic nitrogens is 2. The minimum absolute atomic E-state index is 0.0956. The van der Waals surface area contributed by atoms with E-state index in [-0.39, 0.29) is 4.57 Å². The molecular formula is C10H3Cl2F3N2O2. The molecule has 2 aromatic rings. The number of rotatable bonds is 1. The van der Waals surface area contributed by atoms with E-state index in [0.717, 1.165) is 0 Å². The Labute approximate surface area is 113 Å². The molecule has 0 atom stereocenters. The van der Waals surface area contributed by atoms with Gasteiger partial charge in [-0.05, 0) is 6.07 Å². The molecule has 0 radical (unpaired) electrons. The van der Waals surface area contributed by atoms with Crippen LogP contribution in [-0.4, -0.2) is 9.55 Å². The first-order chi connectivity index (χ1) is 8.82. The summed E-state index contributed by atoms with van der Waals surface area (Å²) in [5.74, 6) is -3.79. The summed E-state index contributed by atoms with van der Waals surface area (Å²) in [5, 5.41) is -1.38. The maximum Gasteiger partial charge on any atom is 0.334 e. The lowest BCUT2D eigenvalue weighted by molar-refractivity contribution is 0.560. The Bertz CT molecular complexity index is 762. The summed E-state index contributed by atoms with van der Waals surface area (Å²) < 4.78 is 39.9. The summed E-state index contributed by atoms with van der Waals surface area (Å²) >= 11 is 10.8. The average Bonchev–Trinajstić information content (AvgIpc) is 2.29. The zero-order valence-corrected chi connectivity index (χ0v) is 10.3. The highest BCUT2D eigenvalue weighted by atomic mass is 35.5. The molecule has 100 valence electrons. The maximum absolute atomic E-state index is 13.6. The Morgan fingerprint density at radius 1 is 1.11 bits per heavy atom. The predicted octanol–water partition coefficient (Wildman–Crippen LogP) is 2.25. The summed E-state index contributed by atoms with van der Waals surface area (Å²) in [4.78, 5) is 24.9. The van der Waals surface area contributed by atoms with Crippen LogP contribution in [0.25, 0.3) is 5.69 Å². The first kappa shape index (κ1) is 13.7. The van der Waals surface area contributed by atoms with Crippen molar-refractivity contribution in [3.05, 3.63) is 60.6 Å². The molecule has 0 fully saturated rings. The lowest BCUT2D eigenvalue weighted by Crippen LogP contribution is -2.36. The van der Waals surface area contributed by atoms with Crippen LogP contribution in [0, 0.1) is 17.5 Å². The second kappa shape index (κ2) is 4.75. The Morgan fingerprint density at radius 2 is 1.74 bits per heavy atom. The van der Waals surface area contributed by atoms with Crippen LogP contribution in [0.5, 0.6) is 0 Å². The van der Waals surface area contributed by atoms with Crippen LogP contribution in [0.1, 0.15) is 0 Å². The van der Waals surface area contributed by atoms with E-state index in [1.54, 1.807) is 4.98 Å². The van der Waals surface area contributed by atoms with Crippen molar-refractivity contribution < 1.29 is 13.2 Å². The van der Waals surface area contributed by atoms with Crippen molar-refractivity contribution in [1.29, 1.82) is 0 Å². The van der Waals surface area contributed by atoms with Crippen molar-refractivity contribution >= 4 is 23.2 Å². The molecule has 1 aromatic carbocycles. The van der Waals surface area contributed by atoms with Gasteiger partial charge in [0, 0.05) is 6.07 Å². The van der Waals surface area contributed by atoms with Gasteiger partial charge >= 0.3 is 5.69 Å². The topological polar surface area (TPSA) is 54.9 Å². The number of hydrogen-bond donors (Lipinski definition) is 1. The van der Waals surface area contributed by atoms with Crippen molar-refractivity contribution in [3.8, 4) is 5.69 Å². The molecule has 1 aromatic heterocycles. The Balaban J connectivity index is 2.93. The van der Waals surface area contributed by atoms with Gasteiger partial charge in [-0.1, -0.05) is 23.2 Å². The van der Waals surface area contributed by atoms with Gasteiger partial charge in [-0.2, -0.15) is 4.39 Å². The lowest BCUT2D eigenvalue weighted by atomic mass is 10.3. The molecule has 0 aliphatic carbocycles. The summed E-state index contributed by atoms with van der Waals surface area (Å²) in [6, 6.07) is 1.08. The van der Waals surface area contributed by atoms with Gasteiger partial charge in [-0.15, -0.1) is 0 Å². The zero-order valence-electron chi connectivity index (χ0n) is 8.81. The highest BCUT2D eigenvalue weighted by Gasteiger charge is 2.19. The lowest BCUT2D eigenvalue weighted by Gasteiger charge is -2.08. The molecule has 9 heteroatoms. The SMILES string of the molecule is O=c1[nH]c(Cl)c(F)c(=O)n1-c1c(F)cc(F)cc1Cl. The molecule has 0 bridgehead atoms. The molecule has 0 aliphatic heterocycles. The van der Waals surface area contributed by atoms with Crippen molar-refractivity contribution in [2.24, 2.45) is 0 Å². The minimum atomic E-state index is -1.50. The smallest absolute Gasteiger partial charge is 0.295 e. The fourth-order valence-corrected chi connectivity index (χ4v) is 1.88. The van der Waals surface area contributed by atoms with Crippen molar-refractivity contribution in [1.82, 2.24) is 9.55 Å². The molecule has 0 spiro atoms. The van der Waals surface area contributed by atoms with Gasteiger partial charge in [-0.3, -0.25) is 9.78 Å². The van der Waals surface area contributed by atoms with Gasteiger partial charge in [0.1, 0.15) is 11.5 Å². The largest absolute Gasteiger partial charge is 0.334 e. The normalized spacial score (nSPS) is 10.8. The summed E-state index contributed by atoms with van der Waals surface area (Å²) in [6.07, 6.45) is 0. The average molecular weight is 311 g/mol. The third kappa shape index (κ3) is 2.26. The molecule has 0 saturated carbocycles. The Kier molecular flexibility index (Phi) is 3.42. The van der Waals surface area contributed by atoms with Crippen LogP contribution in [-0.2, 0) is 0 Å². The number of nitrogens with one attached hydrogen (secondary N) is 1. The Morgan fingerprint density at radius 3 is 2.32 bits per heavy atom. The van der Waals surface area contributed by atoms with Gasteiger partial charge in [-0.25, -0.2) is 18.1 Å². The fraction of sp³-hybridized carbons (Fsp3) is 0. The zero-order chi connectivity index (χ0) is 14.3. The third-order valence-electron chi connectivity index (χ3n) is 2.21. The van der Waals surface area contributed by atoms with E-state index in [0.29, 0.717) is 12.1 Å². The van der Waals surface area contributed by atoms with Crippen LogP contribution in [0.4, 0.5) is 13.2 Å². The van der Waals surface area contributed by atoms with Crippen molar-refractivity contribution in [2.75, 3.05) is 0 Å². The van der Waals surface area contributed by atoms with Gasteiger partial charge in [0.05, 0.1) is 5.02 Å². The van der Waals surface area contributed by atoms with Crippen LogP contribution in [0.2, 0.25) is 10.2 Å². The number of hydrogen-bond acceptors (Lipinski definition) is 2. The molecule has 0 saturated heterocycles. The molecule has 0 unspecified atom stereocenters. The van der Waals surface area contributed by atoms with E-state index in [4.69, 9.17) is 23.2 Å². The standard InChI is InChI=1S/C10H3Cl2F3N2O2/c11-4-1-3(13)2-5(14)7(4)17-9(18)6(15)8(12)16-10(17)19/h1-2H,(H,16,19). The number of benzene rings is 1. The third-order valence-corrected chi connectivity index (χ3v) is 2.76. The number of aromatic amines is 1. The van der Waals surface area contributed by atoms with Crippen LogP contribution >= 0.6 is 23.2 Å². The van der Waals surface area contributed by atoms with Crippen LogP contribution in [0.15, 0.2) is 21.7 Å². The van der Waals surface area contributed by atoms with Gasteiger partial charge in [0.25, 0.3) is 5.56 Å². The van der Waals surface area contributed by atoms with Gasteiger partial charge < -0.3 is 0 Å². The molecular weight excluding hydrogens is 308 g/mol. The van der Waals surface area contributed by atoms with E-state index in [1.807, 2.05) is 0 Å². The molecule has 1 N–H and O–H groups in total. The molecule has 4 nitrogen and oxygen atoms in total. The number of halogens is 5. The Hall–Kier alpha value is -1.73. The summed E-state index contributed by atoms with van der Waals surface area (Å²) in [7, 11) is 0. The maximum atomic E-state index is 13.6. The van der Waals surface area contributed by atoms with Crippen LogP contribution < -0.4 is 11.2 Å².